The quantitative estimate of drug-likeness (QED) is 0.753. The van der Waals surface area contributed by atoms with Crippen LogP contribution < -0.4 is 5.32 Å². The summed E-state index contributed by atoms with van der Waals surface area (Å²) >= 11 is 0. The minimum Gasteiger partial charge on any atom is -0.383 e. The molecule has 0 amide bonds. The molecule has 0 bridgehead atoms. The van der Waals surface area contributed by atoms with Gasteiger partial charge in [-0.25, -0.2) is 0 Å². The Morgan fingerprint density at radius 1 is 1.31 bits per heavy atom. The zero-order valence-electron chi connectivity index (χ0n) is 9.10. The maximum absolute atomic E-state index is 8.99. The summed E-state index contributed by atoms with van der Waals surface area (Å²) in [5.74, 6) is 0. The molecule has 0 aliphatic heterocycles. The van der Waals surface area contributed by atoms with Gasteiger partial charge in [-0.05, 0) is 17.7 Å². The fraction of sp³-hybridized carbons (Fsp3) is 0.333. The second-order valence-corrected chi connectivity index (χ2v) is 3.24. The maximum Gasteiger partial charge on any atom is 0.121 e. The van der Waals surface area contributed by atoms with Crippen LogP contribution in [0.1, 0.15) is 17.2 Å². The first-order chi connectivity index (χ1) is 7.81. The highest BCUT2D eigenvalue weighted by Gasteiger charge is 2.08. The average molecular weight is 215 g/mol. The van der Waals surface area contributed by atoms with Crippen LogP contribution in [0.25, 0.3) is 0 Å². The summed E-state index contributed by atoms with van der Waals surface area (Å²) in [6.07, 6.45) is 0. The van der Waals surface area contributed by atoms with Crippen molar-refractivity contribution in [1.29, 1.82) is 10.5 Å². The van der Waals surface area contributed by atoms with Crippen molar-refractivity contribution in [2.24, 2.45) is 0 Å². The van der Waals surface area contributed by atoms with Crippen LogP contribution in [0.5, 0.6) is 0 Å². The van der Waals surface area contributed by atoms with E-state index in [2.05, 4.69) is 11.4 Å². The van der Waals surface area contributed by atoms with Crippen LogP contribution in [0, 0.1) is 22.7 Å². The van der Waals surface area contributed by atoms with Crippen molar-refractivity contribution in [2.75, 3.05) is 20.3 Å². The van der Waals surface area contributed by atoms with Crippen LogP contribution in [0.2, 0.25) is 0 Å². The van der Waals surface area contributed by atoms with Crippen LogP contribution >= 0.6 is 0 Å². The Hall–Kier alpha value is -1.88. The molecule has 4 nitrogen and oxygen atoms in total. The van der Waals surface area contributed by atoms with E-state index in [0.717, 1.165) is 5.56 Å². The number of rotatable bonds is 5. The fourth-order valence-electron chi connectivity index (χ4n) is 1.29. The zero-order valence-corrected chi connectivity index (χ0v) is 9.10. The predicted octanol–water partition coefficient (Wildman–Crippen LogP) is 1.36. The van der Waals surface area contributed by atoms with E-state index in [4.69, 9.17) is 15.3 Å². The molecule has 0 heterocycles. The first-order valence-electron chi connectivity index (χ1n) is 4.94. The van der Waals surface area contributed by atoms with Crippen molar-refractivity contribution in [3.05, 3.63) is 35.4 Å². The summed E-state index contributed by atoms with van der Waals surface area (Å²) in [5, 5.41) is 20.7. The van der Waals surface area contributed by atoms with E-state index in [1.54, 1.807) is 31.4 Å². The summed E-state index contributed by atoms with van der Waals surface area (Å²) in [6, 6.07) is 10.8. The summed E-state index contributed by atoms with van der Waals surface area (Å²) in [4.78, 5) is 0. The van der Waals surface area contributed by atoms with Gasteiger partial charge in [-0.3, -0.25) is 5.32 Å². The Balaban J connectivity index is 2.65. The molecule has 0 fully saturated rings. The molecule has 0 radical (unpaired) electrons. The second kappa shape index (κ2) is 6.58. The zero-order chi connectivity index (χ0) is 11.8. The molecular weight excluding hydrogens is 202 g/mol. The Bertz CT molecular complexity index is 400. The first-order valence-corrected chi connectivity index (χ1v) is 4.94. The van der Waals surface area contributed by atoms with Crippen LogP contribution in [0.15, 0.2) is 24.3 Å². The normalized spacial score (nSPS) is 11.4. The molecular formula is C12H13N3O. The molecule has 0 aliphatic carbocycles. The highest BCUT2D eigenvalue weighted by Crippen LogP contribution is 2.12. The maximum atomic E-state index is 8.99. The van der Waals surface area contributed by atoms with Gasteiger partial charge in [-0.2, -0.15) is 10.5 Å². The van der Waals surface area contributed by atoms with Crippen molar-refractivity contribution in [3.8, 4) is 12.1 Å². The fourth-order valence-corrected chi connectivity index (χ4v) is 1.29. The van der Waals surface area contributed by atoms with Gasteiger partial charge in [0, 0.05) is 13.7 Å². The standard InChI is InChI=1S/C12H13N3O/c1-16-7-6-15-12(9-14)11-4-2-10(8-13)3-5-11/h2-5,12,15H,6-7H2,1H3. The van der Waals surface area contributed by atoms with Crippen molar-refractivity contribution < 1.29 is 4.74 Å². The Labute approximate surface area is 95.1 Å². The molecule has 1 aromatic carbocycles. The third kappa shape index (κ3) is 3.36. The lowest BCUT2D eigenvalue weighted by molar-refractivity contribution is 0.198. The number of nitrogens with zero attached hydrogens (tertiary/aromatic N) is 2. The van der Waals surface area contributed by atoms with Gasteiger partial charge in [-0.1, -0.05) is 12.1 Å². The van der Waals surface area contributed by atoms with Gasteiger partial charge in [0.2, 0.25) is 0 Å². The lowest BCUT2D eigenvalue weighted by Crippen LogP contribution is -2.23. The highest BCUT2D eigenvalue weighted by atomic mass is 16.5. The molecule has 1 atom stereocenters. The monoisotopic (exact) mass is 215 g/mol. The van der Waals surface area contributed by atoms with Gasteiger partial charge in [0.15, 0.2) is 0 Å². The molecule has 4 heteroatoms. The SMILES string of the molecule is COCCNC(C#N)c1ccc(C#N)cc1. The molecule has 1 N–H and O–H groups in total. The summed E-state index contributed by atoms with van der Waals surface area (Å²) in [5.41, 5.74) is 1.45. The number of hydrogen-bond acceptors (Lipinski definition) is 4. The van der Waals surface area contributed by atoms with E-state index < -0.39 is 0 Å². The summed E-state index contributed by atoms with van der Waals surface area (Å²) < 4.78 is 4.89. The summed E-state index contributed by atoms with van der Waals surface area (Å²) in [7, 11) is 1.62. The molecule has 1 unspecified atom stereocenters. The van der Waals surface area contributed by atoms with Crippen LogP contribution in [-0.4, -0.2) is 20.3 Å². The Kier molecular flexibility index (Phi) is 5.01. The molecule has 82 valence electrons. The lowest BCUT2D eigenvalue weighted by atomic mass is 10.1. The highest BCUT2D eigenvalue weighted by molar-refractivity contribution is 5.34. The van der Waals surface area contributed by atoms with Crippen LogP contribution in [-0.2, 0) is 4.74 Å². The topological polar surface area (TPSA) is 68.8 Å². The largest absolute Gasteiger partial charge is 0.383 e. The third-order valence-corrected chi connectivity index (χ3v) is 2.16. The van der Waals surface area contributed by atoms with Gasteiger partial charge in [0.25, 0.3) is 0 Å². The summed E-state index contributed by atoms with van der Waals surface area (Å²) in [6.45, 7) is 1.18. The van der Waals surface area contributed by atoms with Crippen molar-refractivity contribution in [1.82, 2.24) is 5.32 Å². The minimum atomic E-state index is -0.358. The van der Waals surface area contributed by atoms with E-state index in [1.807, 2.05) is 6.07 Å². The molecule has 1 rings (SSSR count). The van der Waals surface area contributed by atoms with E-state index in [1.165, 1.54) is 0 Å². The van der Waals surface area contributed by atoms with E-state index in [9.17, 15) is 0 Å². The molecule has 0 saturated heterocycles. The van der Waals surface area contributed by atoms with Crippen molar-refractivity contribution in [3.63, 3.8) is 0 Å². The van der Waals surface area contributed by atoms with E-state index >= 15 is 0 Å². The van der Waals surface area contributed by atoms with Crippen LogP contribution in [0.4, 0.5) is 0 Å². The smallest absolute Gasteiger partial charge is 0.121 e. The minimum absolute atomic E-state index is 0.358. The average Bonchev–Trinajstić information content (AvgIpc) is 2.35. The molecule has 0 aliphatic rings. The number of nitrogens with one attached hydrogen (secondary N) is 1. The number of ether oxygens (including phenoxy) is 1. The molecule has 0 spiro atoms. The Morgan fingerprint density at radius 3 is 2.50 bits per heavy atom. The third-order valence-electron chi connectivity index (χ3n) is 2.16. The number of nitriles is 2. The Morgan fingerprint density at radius 2 is 2.00 bits per heavy atom. The number of methoxy groups -OCH3 is 1. The first kappa shape index (κ1) is 12.2. The lowest BCUT2D eigenvalue weighted by Gasteiger charge is -2.11. The van der Waals surface area contributed by atoms with Gasteiger partial charge >= 0.3 is 0 Å². The molecule has 0 aromatic heterocycles. The van der Waals surface area contributed by atoms with E-state index in [0.29, 0.717) is 18.7 Å². The molecule has 0 saturated carbocycles. The number of hydrogen-bond donors (Lipinski definition) is 1. The van der Waals surface area contributed by atoms with Gasteiger partial charge in [0.1, 0.15) is 6.04 Å². The van der Waals surface area contributed by atoms with E-state index in [-0.39, 0.29) is 6.04 Å². The van der Waals surface area contributed by atoms with Crippen molar-refractivity contribution in [2.45, 2.75) is 6.04 Å². The van der Waals surface area contributed by atoms with Crippen LogP contribution in [0.3, 0.4) is 0 Å². The van der Waals surface area contributed by atoms with Gasteiger partial charge < -0.3 is 4.74 Å². The molecule has 16 heavy (non-hydrogen) atoms. The predicted molar refractivity (Wildman–Crippen MR) is 59.4 cm³/mol. The van der Waals surface area contributed by atoms with Gasteiger partial charge in [-0.15, -0.1) is 0 Å². The van der Waals surface area contributed by atoms with Crippen molar-refractivity contribution >= 4 is 0 Å². The van der Waals surface area contributed by atoms with Gasteiger partial charge in [0.05, 0.1) is 24.3 Å². The number of benzene rings is 1. The molecule has 1 aromatic rings. The second-order valence-electron chi connectivity index (χ2n) is 3.24.